The van der Waals surface area contributed by atoms with Crippen LogP contribution in [0.3, 0.4) is 0 Å². The zero-order valence-corrected chi connectivity index (χ0v) is 9.39. The Kier molecular flexibility index (Phi) is 3.64. The van der Waals surface area contributed by atoms with E-state index in [4.69, 9.17) is 4.74 Å². The number of Topliss-reactive ketones (excluding diaryl/α,β-unsaturated/α-hetero) is 1. The zero-order chi connectivity index (χ0) is 10.8. The highest BCUT2D eigenvalue weighted by atomic mass is 16.5. The monoisotopic (exact) mass is 200 g/mol. The van der Waals surface area contributed by atoms with Crippen LogP contribution in [0.4, 0.5) is 0 Å². The number of nitrogens with one attached hydrogen (secondary N) is 2. The summed E-state index contributed by atoms with van der Waals surface area (Å²) in [5, 5.41) is 6.25. The summed E-state index contributed by atoms with van der Waals surface area (Å²) in [6, 6.07) is -0.0822. The average molecular weight is 200 g/mol. The first-order chi connectivity index (χ1) is 6.45. The minimum absolute atomic E-state index is 0.0822. The number of carbonyl (C=O) groups is 1. The quantitative estimate of drug-likeness (QED) is 0.681. The van der Waals surface area contributed by atoms with Crippen LogP contribution in [0, 0.1) is 5.41 Å². The van der Waals surface area contributed by atoms with Crippen LogP contribution >= 0.6 is 0 Å². The molecule has 0 amide bonds. The smallest absolute Gasteiger partial charge is 0.163 e. The lowest BCUT2D eigenvalue weighted by Gasteiger charge is -2.33. The van der Waals surface area contributed by atoms with Crippen molar-refractivity contribution in [2.24, 2.45) is 5.41 Å². The lowest BCUT2D eigenvalue weighted by atomic mass is 9.85. The van der Waals surface area contributed by atoms with E-state index in [1.165, 1.54) is 0 Å². The molecule has 1 aliphatic rings. The highest BCUT2D eigenvalue weighted by Crippen LogP contribution is 2.19. The first kappa shape index (κ1) is 11.6. The maximum absolute atomic E-state index is 11.9. The number of methoxy groups -OCH3 is 1. The van der Waals surface area contributed by atoms with Gasteiger partial charge in [-0.2, -0.15) is 0 Å². The molecule has 0 spiro atoms. The lowest BCUT2D eigenvalue weighted by Crippen LogP contribution is -2.58. The molecule has 14 heavy (non-hydrogen) atoms. The molecule has 2 unspecified atom stereocenters. The van der Waals surface area contributed by atoms with Crippen molar-refractivity contribution in [3.05, 3.63) is 0 Å². The summed E-state index contributed by atoms with van der Waals surface area (Å²) in [6.45, 7) is 6.65. The Morgan fingerprint density at radius 1 is 1.43 bits per heavy atom. The van der Waals surface area contributed by atoms with Crippen LogP contribution in [-0.2, 0) is 9.53 Å². The molecule has 4 heteroatoms. The molecule has 0 aromatic rings. The molecule has 1 aliphatic heterocycles. The summed E-state index contributed by atoms with van der Waals surface area (Å²) in [6.07, 6.45) is 0.635. The Balaban J connectivity index is 2.56. The SMILES string of the molecule is COC1NCCC(C(=O)C(C)(C)C)N1. The zero-order valence-electron chi connectivity index (χ0n) is 9.39. The van der Waals surface area contributed by atoms with Crippen LogP contribution in [0.1, 0.15) is 27.2 Å². The molecule has 0 radical (unpaired) electrons. The van der Waals surface area contributed by atoms with E-state index >= 15 is 0 Å². The second-order valence-corrected chi connectivity index (χ2v) is 4.69. The Labute approximate surface area is 85.4 Å². The molecule has 2 atom stereocenters. The first-order valence-electron chi connectivity index (χ1n) is 5.01. The fourth-order valence-electron chi connectivity index (χ4n) is 1.56. The normalized spacial score (nSPS) is 28.9. The fourth-order valence-corrected chi connectivity index (χ4v) is 1.56. The lowest BCUT2D eigenvalue weighted by molar-refractivity contribution is -0.131. The van der Waals surface area contributed by atoms with Crippen molar-refractivity contribution in [1.82, 2.24) is 10.6 Å². The predicted molar refractivity (Wildman–Crippen MR) is 54.8 cm³/mol. The van der Waals surface area contributed by atoms with E-state index in [2.05, 4.69) is 10.6 Å². The van der Waals surface area contributed by atoms with Crippen molar-refractivity contribution >= 4 is 5.78 Å². The van der Waals surface area contributed by atoms with Gasteiger partial charge in [0.15, 0.2) is 12.1 Å². The third-order valence-corrected chi connectivity index (χ3v) is 2.41. The van der Waals surface area contributed by atoms with Crippen LogP contribution in [0.25, 0.3) is 0 Å². The van der Waals surface area contributed by atoms with Gasteiger partial charge < -0.3 is 4.74 Å². The number of ether oxygens (including phenoxy) is 1. The Bertz CT molecular complexity index is 211. The topological polar surface area (TPSA) is 50.4 Å². The molecule has 1 heterocycles. The first-order valence-corrected chi connectivity index (χ1v) is 5.01. The summed E-state index contributed by atoms with van der Waals surface area (Å²) >= 11 is 0. The molecular formula is C10H20N2O2. The van der Waals surface area contributed by atoms with E-state index in [1.54, 1.807) is 7.11 Å². The third-order valence-electron chi connectivity index (χ3n) is 2.41. The van der Waals surface area contributed by atoms with Gasteiger partial charge in [-0.3, -0.25) is 15.4 Å². The number of hydrogen-bond donors (Lipinski definition) is 2. The molecule has 4 nitrogen and oxygen atoms in total. The molecule has 82 valence electrons. The van der Waals surface area contributed by atoms with E-state index in [0.717, 1.165) is 13.0 Å². The Hall–Kier alpha value is -0.450. The highest BCUT2D eigenvalue weighted by Gasteiger charge is 2.32. The summed E-state index contributed by atoms with van der Waals surface area (Å²) in [5.74, 6) is 0.251. The van der Waals surface area contributed by atoms with Crippen molar-refractivity contribution in [2.75, 3.05) is 13.7 Å². The molecule has 0 aromatic heterocycles. The molecule has 0 bridgehead atoms. The molecule has 1 fully saturated rings. The van der Waals surface area contributed by atoms with E-state index in [0.29, 0.717) is 0 Å². The van der Waals surface area contributed by atoms with Crippen molar-refractivity contribution in [1.29, 1.82) is 0 Å². The van der Waals surface area contributed by atoms with Gasteiger partial charge in [0, 0.05) is 19.1 Å². The van der Waals surface area contributed by atoms with Crippen molar-refractivity contribution in [3.63, 3.8) is 0 Å². The minimum Gasteiger partial charge on any atom is -0.353 e. The molecule has 1 rings (SSSR count). The van der Waals surface area contributed by atoms with Crippen LogP contribution in [0.5, 0.6) is 0 Å². The van der Waals surface area contributed by atoms with Gasteiger partial charge in [0.25, 0.3) is 0 Å². The largest absolute Gasteiger partial charge is 0.353 e. The second kappa shape index (κ2) is 4.38. The standard InChI is InChI=1S/C10H20N2O2/c1-10(2,3)8(13)7-5-6-11-9(12-7)14-4/h7,9,11-12H,5-6H2,1-4H3. The van der Waals surface area contributed by atoms with E-state index in [1.807, 2.05) is 20.8 Å². The van der Waals surface area contributed by atoms with Gasteiger partial charge in [0.2, 0.25) is 0 Å². The van der Waals surface area contributed by atoms with Crippen LogP contribution < -0.4 is 10.6 Å². The van der Waals surface area contributed by atoms with Crippen molar-refractivity contribution in [3.8, 4) is 0 Å². The maximum atomic E-state index is 11.9. The maximum Gasteiger partial charge on any atom is 0.163 e. The fraction of sp³-hybridized carbons (Fsp3) is 0.900. The van der Waals surface area contributed by atoms with E-state index < -0.39 is 0 Å². The second-order valence-electron chi connectivity index (χ2n) is 4.69. The number of carbonyl (C=O) groups excluding carboxylic acids is 1. The highest BCUT2D eigenvalue weighted by molar-refractivity contribution is 5.88. The van der Waals surface area contributed by atoms with Gasteiger partial charge >= 0.3 is 0 Å². The molecule has 2 N–H and O–H groups in total. The Morgan fingerprint density at radius 3 is 2.57 bits per heavy atom. The van der Waals surface area contributed by atoms with E-state index in [9.17, 15) is 4.79 Å². The molecule has 0 saturated carbocycles. The average Bonchev–Trinajstić information content (AvgIpc) is 2.15. The number of rotatable bonds is 2. The summed E-state index contributed by atoms with van der Waals surface area (Å²) in [4.78, 5) is 11.9. The van der Waals surface area contributed by atoms with Crippen LogP contribution in [-0.4, -0.2) is 31.8 Å². The summed E-state index contributed by atoms with van der Waals surface area (Å²) in [7, 11) is 1.62. The van der Waals surface area contributed by atoms with Gasteiger partial charge in [0.1, 0.15) is 0 Å². The number of ketones is 1. The number of hydrogen-bond acceptors (Lipinski definition) is 4. The summed E-state index contributed by atoms with van der Waals surface area (Å²) < 4.78 is 5.11. The summed E-state index contributed by atoms with van der Waals surface area (Å²) in [5.41, 5.74) is -0.284. The van der Waals surface area contributed by atoms with Gasteiger partial charge in [0.05, 0.1) is 6.04 Å². The van der Waals surface area contributed by atoms with Crippen molar-refractivity contribution < 1.29 is 9.53 Å². The third kappa shape index (κ3) is 2.77. The predicted octanol–water partition coefficient (Wildman–Crippen LogP) is 0.483. The Morgan fingerprint density at radius 2 is 2.07 bits per heavy atom. The van der Waals surface area contributed by atoms with Crippen molar-refractivity contribution in [2.45, 2.75) is 39.6 Å². The van der Waals surface area contributed by atoms with Gasteiger partial charge in [-0.05, 0) is 6.42 Å². The van der Waals surface area contributed by atoms with Crippen LogP contribution in [0.2, 0.25) is 0 Å². The van der Waals surface area contributed by atoms with Gasteiger partial charge in [-0.25, -0.2) is 0 Å². The van der Waals surface area contributed by atoms with Gasteiger partial charge in [-0.1, -0.05) is 20.8 Å². The minimum atomic E-state index is -0.284. The molecule has 0 aromatic carbocycles. The van der Waals surface area contributed by atoms with Crippen LogP contribution in [0.15, 0.2) is 0 Å². The molecule has 0 aliphatic carbocycles. The molecule has 1 saturated heterocycles. The molecular weight excluding hydrogens is 180 g/mol. The van der Waals surface area contributed by atoms with E-state index in [-0.39, 0.29) is 23.6 Å². The van der Waals surface area contributed by atoms with Gasteiger partial charge in [-0.15, -0.1) is 0 Å².